The zero-order valence-electron chi connectivity index (χ0n) is 14.4. The third kappa shape index (κ3) is 4.66. The number of β-amino-alcohol motifs (C(OH)–C–C–N with tert-alkyl or cyclic N) is 1. The molecule has 3 rings (SSSR count). The third-order valence-corrected chi connectivity index (χ3v) is 4.77. The van der Waals surface area contributed by atoms with Gasteiger partial charge in [-0.1, -0.05) is 6.92 Å². The summed E-state index contributed by atoms with van der Waals surface area (Å²) >= 11 is 0. The van der Waals surface area contributed by atoms with E-state index in [4.69, 9.17) is 0 Å². The first-order valence-electron chi connectivity index (χ1n) is 8.84. The first-order chi connectivity index (χ1) is 11.7. The van der Waals surface area contributed by atoms with Gasteiger partial charge in [-0.3, -0.25) is 19.2 Å². The second-order valence-corrected chi connectivity index (χ2v) is 6.51. The van der Waals surface area contributed by atoms with Crippen molar-refractivity contribution in [3.05, 3.63) is 36.9 Å². The number of nitrogens with zero attached hydrogens (tertiary/aromatic N) is 6. The Morgan fingerprint density at radius 3 is 2.46 bits per heavy atom. The van der Waals surface area contributed by atoms with E-state index in [1.807, 2.05) is 35.4 Å². The van der Waals surface area contributed by atoms with Crippen molar-refractivity contribution >= 4 is 0 Å². The van der Waals surface area contributed by atoms with Gasteiger partial charge in [0.25, 0.3) is 0 Å². The highest BCUT2D eigenvalue weighted by Crippen LogP contribution is 2.14. The van der Waals surface area contributed by atoms with Gasteiger partial charge in [-0.05, 0) is 18.6 Å². The summed E-state index contributed by atoms with van der Waals surface area (Å²) in [6.45, 7) is 8.59. The second-order valence-electron chi connectivity index (χ2n) is 6.51. The summed E-state index contributed by atoms with van der Waals surface area (Å²) < 4.78 is 3.78. The van der Waals surface area contributed by atoms with Gasteiger partial charge in [0.2, 0.25) is 0 Å². The topological polar surface area (TPSA) is 62.4 Å². The van der Waals surface area contributed by atoms with E-state index >= 15 is 0 Å². The summed E-state index contributed by atoms with van der Waals surface area (Å²) in [4.78, 5) is 4.94. The third-order valence-electron chi connectivity index (χ3n) is 4.77. The van der Waals surface area contributed by atoms with Crippen LogP contribution in [-0.4, -0.2) is 79.3 Å². The normalized spacial score (nSPS) is 21.2. The van der Waals surface area contributed by atoms with Crippen LogP contribution in [0.1, 0.15) is 13.3 Å². The lowest BCUT2D eigenvalue weighted by Gasteiger charge is -2.42. The van der Waals surface area contributed by atoms with Crippen molar-refractivity contribution in [2.24, 2.45) is 0 Å². The van der Waals surface area contributed by atoms with E-state index in [9.17, 15) is 5.11 Å². The van der Waals surface area contributed by atoms with Crippen LogP contribution in [0, 0.1) is 0 Å². The Bertz CT molecular complexity index is 570. The van der Waals surface area contributed by atoms with Crippen molar-refractivity contribution in [3.8, 4) is 0 Å². The van der Waals surface area contributed by atoms with Crippen LogP contribution in [0.2, 0.25) is 0 Å². The highest BCUT2D eigenvalue weighted by molar-refractivity contribution is 4.84. The molecule has 2 aromatic heterocycles. The summed E-state index contributed by atoms with van der Waals surface area (Å²) in [7, 11) is 0. The van der Waals surface area contributed by atoms with Gasteiger partial charge in [0.1, 0.15) is 0 Å². The van der Waals surface area contributed by atoms with Crippen molar-refractivity contribution < 1.29 is 5.11 Å². The molecule has 1 aliphatic rings. The molecule has 1 saturated heterocycles. The van der Waals surface area contributed by atoms with Gasteiger partial charge >= 0.3 is 0 Å². The molecule has 1 aliphatic heterocycles. The molecule has 0 aromatic carbocycles. The average Bonchev–Trinajstić information content (AvgIpc) is 3.27. The largest absolute Gasteiger partial charge is 0.390 e. The summed E-state index contributed by atoms with van der Waals surface area (Å²) in [6.07, 6.45) is 8.21. The fourth-order valence-electron chi connectivity index (χ4n) is 3.42. The van der Waals surface area contributed by atoms with E-state index in [1.165, 1.54) is 0 Å². The molecule has 1 fully saturated rings. The van der Waals surface area contributed by atoms with E-state index in [2.05, 4.69) is 26.9 Å². The number of rotatable bonds is 8. The molecule has 0 spiro atoms. The minimum atomic E-state index is -0.380. The SMILES string of the molecule is CC[C@H]1CN(CCn2cccn2)CCN1C[C@@H](O)Cn1cccn1. The molecule has 1 N–H and O–H groups in total. The van der Waals surface area contributed by atoms with Gasteiger partial charge in [-0.25, -0.2) is 0 Å². The summed E-state index contributed by atoms with van der Waals surface area (Å²) in [6, 6.07) is 4.36. The van der Waals surface area contributed by atoms with Crippen LogP contribution < -0.4 is 0 Å². The van der Waals surface area contributed by atoms with Crippen molar-refractivity contribution in [1.82, 2.24) is 29.4 Å². The van der Waals surface area contributed by atoms with Crippen LogP contribution in [0.4, 0.5) is 0 Å². The number of aliphatic hydroxyl groups is 1. The van der Waals surface area contributed by atoms with Crippen LogP contribution in [0.5, 0.6) is 0 Å². The molecule has 24 heavy (non-hydrogen) atoms. The van der Waals surface area contributed by atoms with E-state index in [1.54, 1.807) is 10.9 Å². The molecule has 0 aliphatic carbocycles. The van der Waals surface area contributed by atoms with Crippen molar-refractivity contribution in [2.75, 3.05) is 32.7 Å². The van der Waals surface area contributed by atoms with E-state index in [-0.39, 0.29) is 6.10 Å². The smallest absolute Gasteiger partial charge is 0.0862 e. The predicted molar refractivity (Wildman–Crippen MR) is 92.6 cm³/mol. The first-order valence-corrected chi connectivity index (χ1v) is 8.84. The van der Waals surface area contributed by atoms with Crippen molar-refractivity contribution in [3.63, 3.8) is 0 Å². The van der Waals surface area contributed by atoms with Gasteiger partial charge in [0.05, 0.1) is 19.2 Å². The molecule has 0 amide bonds. The number of aliphatic hydroxyl groups excluding tert-OH is 1. The Labute approximate surface area is 143 Å². The van der Waals surface area contributed by atoms with Crippen LogP contribution in [-0.2, 0) is 13.1 Å². The molecule has 0 bridgehead atoms. The van der Waals surface area contributed by atoms with Crippen LogP contribution in [0.25, 0.3) is 0 Å². The van der Waals surface area contributed by atoms with Gasteiger partial charge < -0.3 is 5.11 Å². The maximum absolute atomic E-state index is 10.4. The lowest BCUT2D eigenvalue weighted by molar-refractivity contribution is 0.0238. The van der Waals surface area contributed by atoms with Crippen LogP contribution in [0.15, 0.2) is 36.9 Å². The van der Waals surface area contributed by atoms with Crippen LogP contribution in [0.3, 0.4) is 0 Å². The Hall–Kier alpha value is -1.70. The minimum absolute atomic E-state index is 0.380. The maximum Gasteiger partial charge on any atom is 0.0862 e. The number of piperazine rings is 1. The molecule has 0 radical (unpaired) electrons. The van der Waals surface area contributed by atoms with Gasteiger partial charge in [0, 0.05) is 63.6 Å². The molecule has 0 unspecified atom stereocenters. The molecule has 7 nitrogen and oxygen atoms in total. The molecule has 2 aromatic rings. The Kier molecular flexibility index (Phi) is 6.01. The average molecular weight is 332 g/mol. The number of hydrogen-bond donors (Lipinski definition) is 1. The summed E-state index contributed by atoms with van der Waals surface area (Å²) in [5.41, 5.74) is 0. The molecule has 0 saturated carbocycles. The number of hydrogen-bond acceptors (Lipinski definition) is 5. The van der Waals surface area contributed by atoms with Gasteiger partial charge in [0.15, 0.2) is 0 Å². The zero-order chi connectivity index (χ0) is 16.8. The Morgan fingerprint density at radius 1 is 1.04 bits per heavy atom. The highest BCUT2D eigenvalue weighted by atomic mass is 16.3. The number of aromatic nitrogens is 4. The Morgan fingerprint density at radius 2 is 1.79 bits per heavy atom. The lowest BCUT2D eigenvalue weighted by atomic mass is 10.1. The quantitative estimate of drug-likeness (QED) is 0.764. The molecule has 2 atom stereocenters. The van der Waals surface area contributed by atoms with Crippen molar-refractivity contribution in [2.45, 2.75) is 38.6 Å². The maximum atomic E-state index is 10.4. The van der Waals surface area contributed by atoms with E-state index < -0.39 is 0 Å². The van der Waals surface area contributed by atoms with E-state index in [0.29, 0.717) is 19.1 Å². The molecule has 3 heterocycles. The highest BCUT2D eigenvalue weighted by Gasteiger charge is 2.27. The van der Waals surface area contributed by atoms with Gasteiger partial charge in [-0.2, -0.15) is 10.2 Å². The van der Waals surface area contributed by atoms with Crippen molar-refractivity contribution in [1.29, 1.82) is 0 Å². The molecule has 7 heteroatoms. The molecular formula is C17H28N6O. The monoisotopic (exact) mass is 332 g/mol. The minimum Gasteiger partial charge on any atom is -0.390 e. The predicted octanol–water partition coefficient (Wildman–Crippen LogP) is 0.537. The zero-order valence-corrected chi connectivity index (χ0v) is 14.4. The van der Waals surface area contributed by atoms with E-state index in [0.717, 1.165) is 39.1 Å². The van der Waals surface area contributed by atoms with Crippen LogP contribution >= 0.6 is 0 Å². The summed E-state index contributed by atoms with van der Waals surface area (Å²) in [5.74, 6) is 0. The fourth-order valence-corrected chi connectivity index (χ4v) is 3.42. The summed E-state index contributed by atoms with van der Waals surface area (Å²) in [5, 5.41) is 18.8. The Balaban J connectivity index is 1.45. The first kappa shape index (κ1) is 17.1. The molecule has 132 valence electrons. The molecular weight excluding hydrogens is 304 g/mol. The second kappa shape index (κ2) is 8.41. The van der Waals surface area contributed by atoms with Gasteiger partial charge in [-0.15, -0.1) is 0 Å². The standard InChI is InChI=1S/C17H28N6O/c1-2-16-13-20(10-12-22-7-3-5-18-22)9-11-21(16)14-17(24)15-23-8-4-6-19-23/h3-8,16-17,24H,2,9-15H2,1H3/t16-,17+/m0/s1. The fraction of sp³-hybridized carbons (Fsp3) is 0.647. The lowest BCUT2D eigenvalue weighted by Crippen LogP contribution is -2.55.